The third-order valence-corrected chi connectivity index (χ3v) is 10.2. The number of nitrogens with two attached hydrogens (primary N) is 4. The molecule has 0 saturated heterocycles. The summed E-state index contributed by atoms with van der Waals surface area (Å²) in [6, 6.07) is 10.7. The molecule has 56 heavy (non-hydrogen) atoms. The number of pyridine rings is 4. The molecule has 0 radical (unpaired) electrons. The molecule has 16 heteroatoms. The summed E-state index contributed by atoms with van der Waals surface area (Å²) in [6.07, 6.45) is 10.0. The molecule has 280 valence electrons. The number of nitrogen functional groups attached to an aromatic ring is 4. The van der Waals surface area contributed by atoms with E-state index in [4.69, 9.17) is 33.5 Å². The molecule has 2 aromatic carbocycles. The van der Waals surface area contributed by atoms with E-state index in [0.717, 1.165) is 0 Å². The fraction of sp³-hybridized carbons (Fsp3) is 0.200. The Morgan fingerprint density at radius 3 is 1.39 bits per heavy atom. The van der Waals surface area contributed by atoms with Gasteiger partial charge >= 0.3 is 0 Å². The zero-order chi connectivity index (χ0) is 40.0. The van der Waals surface area contributed by atoms with Crippen LogP contribution in [-0.2, 0) is 9.59 Å². The Morgan fingerprint density at radius 1 is 0.643 bits per heavy atom. The second kappa shape index (κ2) is 14.4. The van der Waals surface area contributed by atoms with Gasteiger partial charge in [0, 0.05) is 57.8 Å². The van der Waals surface area contributed by atoms with Crippen LogP contribution in [0.25, 0.3) is 43.8 Å². The van der Waals surface area contributed by atoms with Crippen LogP contribution in [0.5, 0.6) is 0 Å². The number of anilines is 6. The normalized spacial score (nSPS) is 17.9. The predicted octanol–water partition coefficient (Wildman–Crippen LogP) is 6.01. The van der Waals surface area contributed by atoms with E-state index in [-0.39, 0.29) is 58.0 Å². The maximum Gasteiger partial charge on any atom is 0.230 e. The number of nitriles is 2. The van der Waals surface area contributed by atoms with Gasteiger partial charge in [0.2, 0.25) is 11.8 Å². The number of aromatic nitrogens is 4. The summed E-state index contributed by atoms with van der Waals surface area (Å²) in [7, 11) is 0. The van der Waals surface area contributed by atoms with Crippen molar-refractivity contribution in [3.63, 3.8) is 0 Å². The summed E-state index contributed by atoms with van der Waals surface area (Å²) in [5.41, 5.74) is 27.7. The van der Waals surface area contributed by atoms with Crippen LogP contribution in [-0.4, -0.2) is 31.8 Å². The third kappa shape index (κ3) is 6.87. The highest BCUT2D eigenvalue weighted by Crippen LogP contribution is 2.41. The number of carbonyl (C=O) groups excluding carboxylic acids is 2. The summed E-state index contributed by atoms with van der Waals surface area (Å²) in [5, 5.41) is 25.3. The molecule has 10 N–H and O–H groups in total. The van der Waals surface area contributed by atoms with Gasteiger partial charge in [0.05, 0.1) is 71.0 Å². The summed E-state index contributed by atoms with van der Waals surface area (Å²) >= 11 is 0. The van der Waals surface area contributed by atoms with Crippen molar-refractivity contribution in [2.75, 3.05) is 33.6 Å². The first-order valence-electron chi connectivity index (χ1n) is 17.4. The Labute approximate surface area is 318 Å². The Balaban J connectivity index is 0.000000172. The van der Waals surface area contributed by atoms with Crippen molar-refractivity contribution in [3.05, 3.63) is 84.2 Å². The first kappa shape index (κ1) is 36.9. The highest BCUT2D eigenvalue weighted by atomic mass is 19.1. The van der Waals surface area contributed by atoms with Gasteiger partial charge in [0.25, 0.3) is 0 Å². The first-order chi connectivity index (χ1) is 26.8. The van der Waals surface area contributed by atoms with E-state index in [9.17, 15) is 18.4 Å². The molecule has 0 spiro atoms. The van der Waals surface area contributed by atoms with Crippen LogP contribution in [0, 0.1) is 71.8 Å². The number of nitrogens with zero attached hydrogens (tertiary/aromatic N) is 6. The van der Waals surface area contributed by atoms with Gasteiger partial charge in [0.1, 0.15) is 11.6 Å². The minimum atomic E-state index is -0.573. The van der Waals surface area contributed by atoms with Crippen LogP contribution in [0.4, 0.5) is 43.2 Å². The third-order valence-electron chi connectivity index (χ3n) is 10.2. The van der Waals surface area contributed by atoms with Crippen molar-refractivity contribution in [2.45, 2.75) is 26.7 Å². The molecule has 2 aliphatic rings. The lowest BCUT2D eigenvalue weighted by Gasteiger charge is -2.13. The van der Waals surface area contributed by atoms with Gasteiger partial charge in [-0.1, -0.05) is 0 Å². The molecule has 2 aliphatic carbocycles. The fourth-order valence-corrected chi connectivity index (χ4v) is 6.44. The van der Waals surface area contributed by atoms with E-state index in [1.54, 1.807) is 38.1 Å². The molecule has 2 amide bonds. The van der Waals surface area contributed by atoms with E-state index >= 15 is 0 Å². The number of fused-ring (bicyclic) bond motifs is 2. The molecule has 0 bridgehead atoms. The number of benzene rings is 2. The van der Waals surface area contributed by atoms with Crippen molar-refractivity contribution < 1.29 is 18.4 Å². The van der Waals surface area contributed by atoms with Crippen LogP contribution in [0.2, 0.25) is 0 Å². The zero-order valence-electron chi connectivity index (χ0n) is 30.1. The van der Waals surface area contributed by atoms with Crippen LogP contribution in [0.3, 0.4) is 0 Å². The van der Waals surface area contributed by atoms with Crippen LogP contribution in [0.1, 0.15) is 24.0 Å². The van der Waals surface area contributed by atoms with Crippen LogP contribution in [0.15, 0.2) is 61.4 Å². The van der Waals surface area contributed by atoms with E-state index in [1.807, 2.05) is 0 Å². The average molecular weight is 753 g/mol. The summed E-state index contributed by atoms with van der Waals surface area (Å²) in [4.78, 5) is 40.7. The van der Waals surface area contributed by atoms with E-state index in [0.29, 0.717) is 79.7 Å². The van der Waals surface area contributed by atoms with E-state index in [1.165, 1.54) is 37.2 Å². The van der Waals surface area contributed by atoms with Gasteiger partial charge in [-0.2, -0.15) is 10.5 Å². The number of rotatable bonds is 6. The maximum atomic E-state index is 14.9. The predicted molar refractivity (Wildman–Crippen MR) is 209 cm³/mol. The number of carbonyl (C=O) groups is 2. The number of amides is 2. The Kier molecular flexibility index (Phi) is 9.49. The topological polar surface area (TPSA) is 261 Å². The Hall–Kier alpha value is -7.46. The first-order valence-corrected chi connectivity index (χ1v) is 17.4. The lowest BCUT2D eigenvalue weighted by atomic mass is 9.97. The zero-order valence-corrected chi connectivity index (χ0v) is 30.1. The maximum absolute atomic E-state index is 14.9. The monoisotopic (exact) mass is 752 g/mol. The van der Waals surface area contributed by atoms with Crippen molar-refractivity contribution >= 4 is 67.7 Å². The van der Waals surface area contributed by atoms with Gasteiger partial charge in [0.15, 0.2) is 11.6 Å². The van der Waals surface area contributed by atoms with Gasteiger partial charge in [-0.05, 0) is 72.9 Å². The van der Waals surface area contributed by atoms with E-state index in [2.05, 4.69) is 42.7 Å². The van der Waals surface area contributed by atoms with Crippen molar-refractivity contribution in [3.8, 4) is 34.4 Å². The molecular weight excluding hydrogens is 719 g/mol. The molecule has 0 aliphatic heterocycles. The molecule has 8 rings (SSSR count). The number of hydrogen-bond donors (Lipinski definition) is 6. The van der Waals surface area contributed by atoms with Gasteiger partial charge in [-0.15, -0.1) is 0 Å². The molecule has 14 nitrogen and oxygen atoms in total. The number of nitrogens with one attached hydrogen (secondary N) is 2. The standard InChI is InChI=1S/2C20H17FN6O/c2*1-9-14(6-25-8-16(9)23)13-2-10-4-17(26-7-15(10)19(24)18(13)21)27-20(28)12-3-11(12)5-22/h2*2,4,6-8,11-12H,3,23-24H2,1H3,(H,26,27,28)/t2*11-,12+/m10/s1. The van der Waals surface area contributed by atoms with Crippen LogP contribution >= 0.6 is 0 Å². The molecule has 4 aromatic heterocycles. The van der Waals surface area contributed by atoms with E-state index < -0.39 is 11.6 Å². The molecule has 0 unspecified atom stereocenters. The molecular formula is C40H34F2N12O2. The lowest BCUT2D eigenvalue weighted by molar-refractivity contribution is -0.118. The minimum Gasteiger partial charge on any atom is -0.397 e. The average Bonchev–Trinajstić information content (AvgIpc) is 4.12. The summed E-state index contributed by atoms with van der Waals surface area (Å²) in [5.74, 6) is -2.09. The smallest absolute Gasteiger partial charge is 0.230 e. The van der Waals surface area contributed by atoms with Crippen LogP contribution < -0.4 is 33.6 Å². The number of hydrogen-bond acceptors (Lipinski definition) is 12. The quantitative estimate of drug-likeness (QED) is 0.107. The lowest BCUT2D eigenvalue weighted by Crippen LogP contribution is -2.15. The summed E-state index contributed by atoms with van der Waals surface area (Å²) in [6.45, 7) is 3.57. The van der Waals surface area contributed by atoms with Crippen molar-refractivity contribution in [1.29, 1.82) is 10.5 Å². The highest BCUT2D eigenvalue weighted by molar-refractivity contribution is 6.02. The van der Waals surface area contributed by atoms with Crippen molar-refractivity contribution in [1.82, 2.24) is 19.9 Å². The minimum absolute atomic E-state index is 0.0357. The molecule has 2 saturated carbocycles. The highest BCUT2D eigenvalue weighted by Gasteiger charge is 2.44. The fourth-order valence-electron chi connectivity index (χ4n) is 6.44. The largest absolute Gasteiger partial charge is 0.397 e. The van der Waals surface area contributed by atoms with Gasteiger partial charge in [-0.25, -0.2) is 18.7 Å². The van der Waals surface area contributed by atoms with Gasteiger partial charge in [-0.3, -0.25) is 19.6 Å². The second-order valence-corrected chi connectivity index (χ2v) is 13.8. The molecule has 2 fully saturated rings. The Morgan fingerprint density at radius 2 is 1.04 bits per heavy atom. The molecule has 4 atom stereocenters. The Bertz CT molecular complexity index is 2520. The number of halogens is 2. The summed E-state index contributed by atoms with van der Waals surface area (Å²) < 4.78 is 29.8. The van der Waals surface area contributed by atoms with Crippen molar-refractivity contribution in [2.24, 2.45) is 23.7 Å². The SMILES string of the molecule is Cc1c(N)cncc1-c1cc2cc(NC(=O)[C@@H]3C[C@H]3C#N)ncc2c(N)c1F.Cc1c(N)cncc1-c1cc2cc(NC(=O)[C@H]3C[C@@H]3C#N)ncc2c(N)c1F. The second-order valence-electron chi connectivity index (χ2n) is 13.8. The molecule has 4 heterocycles. The molecule has 6 aromatic rings. The van der Waals surface area contributed by atoms with Gasteiger partial charge < -0.3 is 33.6 Å².